The largest absolute Gasteiger partial charge is 0.359 e. The van der Waals surface area contributed by atoms with E-state index in [-0.39, 0.29) is 12.1 Å². The zero-order chi connectivity index (χ0) is 15.7. The Hall–Kier alpha value is -2.30. The molecule has 1 N–H and O–H groups in total. The molecule has 1 aliphatic heterocycles. The minimum absolute atomic E-state index is 0.0899. The first-order valence-electron chi connectivity index (χ1n) is 7.69. The second-order valence-electron chi connectivity index (χ2n) is 5.83. The van der Waals surface area contributed by atoms with Crippen LogP contribution in [0.2, 0.25) is 0 Å². The topological polar surface area (TPSA) is 58.4 Å². The maximum atomic E-state index is 12.6. The van der Waals surface area contributed by atoms with E-state index >= 15 is 0 Å². The number of amides is 2. The van der Waals surface area contributed by atoms with Gasteiger partial charge in [-0.2, -0.15) is 0 Å². The molecule has 0 saturated carbocycles. The zero-order valence-corrected chi connectivity index (χ0v) is 13.2. The molecule has 0 spiro atoms. The van der Waals surface area contributed by atoms with E-state index < -0.39 is 0 Å². The van der Waals surface area contributed by atoms with Crippen molar-refractivity contribution in [3.8, 4) is 0 Å². The molecule has 116 valence electrons. The average molecular weight is 299 g/mol. The van der Waals surface area contributed by atoms with Crippen LogP contribution in [-0.2, 0) is 6.42 Å². The standard InChI is InChI=1S/C17H21N3O2/c1-4-14-15(12(3)22-19-14)18-17(21)20-10-11(2)16(20)13-8-6-5-7-9-13/h5-9,11,16H,4,10H2,1-3H3,(H,18,21). The molecule has 2 amide bonds. The molecule has 1 aromatic carbocycles. The van der Waals surface area contributed by atoms with Crippen molar-refractivity contribution in [2.45, 2.75) is 33.2 Å². The third-order valence-electron chi connectivity index (χ3n) is 4.26. The lowest BCUT2D eigenvalue weighted by Gasteiger charge is -2.46. The lowest BCUT2D eigenvalue weighted by atomic mass is 9.85. The number of aromatic nitrogens is 1. The molecule has 2 aromatic rings. The summed E-state index contributed by atoms with van der Waals surface area (Å²) in [5, 5.41) is 6.94. The highest BCUT2D eigenvalue weighted by Crippen LogP contribution is 2.38. The summed E-state index contributed by atoms with van der Waals surface area (Å²) in [4.78, 5) is 14.5. The molecule has 2 atom stereocenters. The number of hydrogen-bond acceptors (Lipinski definition) is 3. The van der Waals surface area contributed by atoms with Crippen LogP contribution in [0.25, 0.3) is 0 Å². The summed E-state index contributed by atoms with van der Waals surface area (Å²) in [5.74, 6) is 1.11. The number of nitrogens with zero attached hydrogens (tertiary/aromatic N) is 2. The number of anilines is 1. The molecule has 2 unspecified atom stereocenters. The first kappa shape index (κ1) is 14.6. The third kappa shape index (κ3) is 2.47. The van der Waals surface area contributed by atoms with Crippen molar-refractivity contribution >= 4 is 11.7 Å². The molecule has 1 saturated heterocycles. The minimum atomic E-state index is -0.0899. The molecular formula is C17H21N3O2. The predicted molar refractivity (Wildman–Crippen MR) is 84.7 cm³/mol. The Morgan fingerprint density at radius 2 is 2.14 bits per heavy atom. The number of carbonyl (C=O) groups is 1. The zero-order valence-electron chi connectivity index (χ0n) is 13.2. The van der Waals surface area contributed by atoms with Crippen LogP contribution in [-0.4, -0.2) is 22.6 Å². The SMILES string of the molecule is CCc1noc(C)c1NC(=O)N1CC(C)C1c1ccccc1. The van der Waals surface area contributed by atoms with E-state index in [1.807, 2.05) is 36.9 Å². The van der Waals surface area contributed by atoms with Gasteiger partial charge >= 0.3 is 6.03 Å². The van der Waals surface area contributed by atoms with Crippen LogP contribution >= 0.6 is 0 Å². The fourth-order valence-electron chi connectivity index (χ4n) is 3.06. The van der Waals surface area contributed by atoms with E-state index in [0.29, 0.717) is 17.4 Å². The van der Waals surface area contributed by atoms with Crippen LogP contribution in [0.5, 0.6) is 0 Å². The van der Waals surface area contributed by atoms with Gasteiger partial charge in [-0.1, -0.05) is 49.3 Å². The summed E-state index contributed by atoms with van der Waals surface area (Å²) >= 11 is 0. The molecule has 1 fully saturated rings. The van der Waals surface area contributed by atoms with Gasteiger partial charge in [-0.25, -0.2) is 4.79 Å². The van der Waals surface area contributed by atoms with Crippen molar-refractivity contribution < 1.29 is 9.32 Å². The Morgan fingerprint density at radius 1 is 1.41 bits per heavy atom. The van der Waals surface area contributed by atoms with Gasteiger partial charge in [0.05, 0.1) is 6.04 Å². The predicted octanol–water partition coefficient (Wildman–Crippen LogP) is 3.77. The Kier molecular flexibility index (Phi) is 3.88. The van der Waals surface area contributed by atoms with E-state index in [2.05, 4.69) is 29.5 Å². The van der Waals surface area contributed by atoms with E-state index in [1.165, 1.54) is 5.56 Å². The second-order valence-corrected chi connectivity index (χ2v) is 5.83. The van der Waals surface area contributed by atoms with Crippen LogP contribution in [0, 0.1) is 12.8 Å². The van der Waals surface area contributed by atoms with Crippen molar-refractivity contribution in [3.63, 3.8) is 0 Å². The third-order valence-corrected chi connectivity index (χ3v) is 4.26. The van der Waals surface area contributed by atoms with Crippen LogP contribution in [0.15, 0.2) is 34.9 Å². The highest BCUT2D eigenvalue weighted by molar-refractivity contribution is 5.91. The van der Waals surface area contributed by atoms with Crippen molar-refractivity contribution in [1.82, 2.24) is 10.1 Å². The number of urea groups is 1. The molecule has 3 rings (SSSR count). The number of nitrogens with one attached hydrogen (secondary N) is 1. The smallest absolute Gasteiger partial charge is 0.322 e. The summed E-state index contributed by atoms with van der Waals surface area (Å²) in [6.45, 7) is 6.74. The number of carbonyl (C=O) groups excluding carboxylic acids is 1. The second kappa shape index (κ2) is 5.83. The number of likely N-dealkylation sites (tertiary alicyclic amines) is 1. The lowest BCUT2D eigenvalue weighted by molar-refractivity contribution is 0.0670. The van der Waals surface area contributed by atoms with E-state index in [0.717, 1.165) is 18.7 Å². The fourth-order valence-corrected chi connectivity index (χ4v) is 3.06. The van der Waals surface area contributed by atoms with Gasteiger partial charge in [0, 0.05) is 6.54 Å². The van der Waals surface area contributed by atoms with Crippen molar-refractivity contribution in [2.24, 2.45) is 5.92 Å². The van der Waals surface area contributed by atoms with Crippen molar-refractivity contribution in [1.29, 1.82) is 0 Å². The monoisotopic (exact) mass is 299 g/mol. The van der Waals surface area contributed by atoms with Crippen LogP contribution in [0.1, 0.15) is 36.9 Å². The Balaban J connectivity index is 1.77. The van der Waals surface area contributed by atoms with Gasteiger partial charge in [0.25, 0.3) is 0 Å². The maximum absolute atomic E-state index is 12.6. The van der Waals surface area contributed by atoms with Gasteiger partial charge in [0.15, 0.2) is 5.76 Å². The molecule has 22 heavy (non-hydrogen) atoms. The lowest BCUT2D eigenvalue weighted by Crippen LogP contribution is -2.53. The summed E-state index contributed by atoms with van der Waals surface area (Å²) in [6.07, 6.45) is 0.728. The summed E-state index contributed by atoms with van der Waals surface area (Å²) in [7, 11) is 0. The number of aryl methyl sites for hydroxylation is 2. The molecule has 2 heterocycles. The molecule has 0 radical (unpaired) electrons. The molecule has 1 aromatic heterocycles. The van der Waals surface area contributed by atoms with Crippen molar-refractivity contribution in [3.05, 3.63) is 47.3 Å². The van der Waals surface area contributed by atoms with Gasteiger partial charge in [-0.05, 0) is 24.8 Å². The summed E-state index contributed by atoms with van der Waals surface area (Å²) < 4.78 is 5.17. The van der Waals surface area contributed by atoms with Crippen LogP contribution < -0.4 is 5.32 Å². The quantitative estimate of drug-likeness (QED) is 0.938. The summed E-state index contributed by atoms with van der Waals surface area (Å²) in [5.41, 5.74) is 2.67. The first-order chi connectivity index (χ1) is 10.6. The van der Waals surface area contributed by atoms with E-state index in [4.69, 9.17) is 4.52 Å². The normalized spacial score (nSPS) is 20.6. The van der Waals surface area contributed by atoms with Gasteiger partial charge in [0.2, 0.25) is 0 Å². The van der Waals surface area contributed by atoms with E-state index in [9.17, 15) is 4.79 Å². The maximum Gasteiger partial charge on any atom is 0.322 e. The summed E-state index contributed by atoms with van der Waals surface area (Å²) in [6, 6.07) is 10.2. The molecule has 5 nitrogen and oxygen atoms in total. The van der Waals surface area contributed by atoms with Crippen LogP contribution in [0.3, 0.4) is 0 Å². The molecule has 0 bridgehead atoms. The molecule has 1 aliphatic rings. The highest BCUT2D eigenvalue weighted by atomic mass is 16.5. The molecule has 5 heteroatoms. The number of rotatable bonds is 3. The number of benzene rings is 1. The Morgan fingerprint density at radius 3 is 2.77 bits per heavy atom. The first-order valence-corrected chi connectivity index (χ1v) is 7.69. The Bertz CT molecular complexity index is 666. The van der Waals surface area contributed by atoms with Gasteiger partial charge < -0.3 is 14.7 Å². The molecule has 0 aliphatic carbocycles. The van der Waals surface area contributed by atoms with Gasteiger partial charge in [0.1, 0.15) is 11.4 Å². The minimum Gasteiger partial charge on any atom is -0.359 e. The van der Waals surface area contributed by atoms with Crippen LogP contribution in [0.4, 0.5) is 10.5 Å². The van der Waals surface area contributed by atoms with Gasteiger partial charge in [-0.3, -0.25) is 0 Å². The molecular weight excluding hydrogens is 278 g/mol. The highest BCUT2D eigenvalue weighted by Gasteiger charge is 2.40. The van der Waals surface area contributed by atoms with Gasteiger partial charge in [-0.15, -0.1) is 0 Å². The van der Waals surface area contributed by atoms with E-state index in [1.54, 1.807) is 0 Å². The van der Waals surface area contributed by atoms with Crippen molar-refractivity contribution in [2.75, 3.05) is 11.9 Å². The Labute approximate surface area is 130 Å². The fraction of sp³-hybridized carbons (Fsp3) is 0.412. The average Bonchev–Trinajstić information content (AvgIpc) is 2.86. The number of hydrogen-bond donors (Lipinski definition) is 1.